The SMILES string of the molecule is NC(=O)C(=O)NCc1cnc[nH]1. The van der Waals surface area contributed by atoms with Gasteiger partial charge in [-0.15, -0.1) is 0 Å². The Morgan fingerprint density at radius 2 is 2.42 bits per heavy atom. The second-order valence-corrected chi connectivity index (χ2v) is 2.12. The molecule has 1 rings (SSSR count). The van der Waals surface area contributed by atoms with E-state index in [-0.39, 0.29) is 6.54 Å². The number of aromatic amines is 1. The normalized spacial score (nSPS) is 9.33. The van der Waals surface area contributed by atoms with Gasteiger partial charge < -0.3 is 16.0 Å². The first-order valence-electron chi connectivity index (χ1n) is 3.25. The molecule has 0 aliphatic heterocycles. The van der Waals surface area contributed by atoms with Crippen LogP contribution in [0, 0.1) is 0 Å². The Balaban J connectivity index is 2.37. The van der Waals surface area contributed by atoms with E-state index >= 15 is 0 Å². The molecule has 4 N–H and O–H groups in total. The van der Waals surface area contributed by atoms with Crippen molar-refractivity contribution in [2.24, 2.45) is 5.73 Å². The Labute approximate surface area is 68.2 Å². The molecule has 0 aliphatic rings. The molecule has 0 aromatic carbocycles. The summed E-state index contributed by atoms with van der Waals surface area (Å²) in [6, 6.07) is 0. The van der Waals surface area contributed by atoms with Crippen LogP contribution in [0.4, 0.5) is 0 Å². The molecule has 1 aromatic rings. The van der Waals surface area contributed by atoms with Gasteiger partial charge in [0, 0.05) is 6.20 Å². The average Bonchev–Trinajstić information content (AvgIpc) is 2.51. The second-order valence-electron chi connectivity index (χ2n) is 2.12. The van der Waals surface area contributed by atoms with Crippen LogP contribution in [0.5, 0.6) is 0 Å². The van der Waals surface area contributed by atoms with Crippen LogP contribution in [0.2, 0.25) is 0 Å². The van der Waals surface area contributed by atoms with Crippen molar-refractivity contribution in [2.45, 2.75) is 6.54 Å². The summed E-state index contributed by atoms with van der Waals surface area (Å²) in [5.74, 6) is -1.79. The molecule has 0 bridgehead atoms. The fraction of sp³-hybridized carbons (Fsp3) is 0.167. The van der Waals surface area contributed by atoms with Gasteiger partial charge in [-0.3, -0.25) is 9.59 Å². The molecule has 6 heteroatoms. The van der Waals surface area contributed by atoms with Crippen molar-refractivity contribution < 1.29 is 9.59 Å². The third-order valence-electron chi connectivity index (χ3n) is 1.22. The number of nitrogens with zero attached hydrogens (tertiary/aromatic N) is 1. The summed E-state index contributed by atoms with van der Waals surface area (Å²) in [5.41, 5.74) is 5.41. The minimum absolute atomic E-state index is 0.224. The minimum atomic E-state index is -0.991. The number of H-pyrrole nitrogens is 1. The van der Waals surface area contributed by atoms with E-state index in [1.165, 1.54) is 6.33 Å². The lowest BCUT2D eigenvalue weighted by Crippen LogP contribution is -2.35. The van der Waals surface area contributed by atoms with E-state index in [1.807, 2.05) is 0 Å². The fourth-order valence-corrected chi connectivity index (χ4v) is 0.644. The summed E-state index contributed by atoms with van der Waals surface area (Å²) in [6.07, 6.45) is 3.02. The van der Waals surface area contributed by atoms with E-state index in [9.17, 15) is 9.59 Å². The lowest BCUT2D eigenvalue weighted by atomic mass is 10.4. The highest BCUT2D eigenvalue weighted by molar-refractivity contribution is 6.34. The average molecular weight is 168 g/mol. The van der Waals surface area contributed by atoms with Crippen LogP contribution in [0.1, 0.15) is 5.69 Å². The lowest BCUT2D eigenvalue weighted by Gasteiger charge is -1.98. The largest absolute Gasteiger partial charge is 0.361 e. The lowest BCUT2D eigenvalue weighted by molar-refractivity contribution is -0.137. The van der Waals surface area contributed by atoms with Crippen molar-refractivity contribution in [3.63, 3.8) is 0 Å². The summed E-state index contributed by atoms with van der Waals surface area (Å²) in [7, 11) is 0. The van der Waals surface area contributed by atoms with Crippen LogP contribution < -0.4 is 11.1 Å². The van der Waals surface area contributed by atoms with Gasteiger partial charge in [0.2, 0.25) is 0 Å². The zero-order valence-corrected chi connectivity index (χ0v) is 6.20. The first kappa shape index (κ1) is 8.25. The Hall–Kier alpha value is -1.85. The molecule has 12 heavy (non-hydrogen) atoms. The third-order valence-corrected chi connectivity index (χ3v) is 1.22. The number of amides is 2. The van der Waals surface area contributed by atoms with Crippen LogP contribution in [0.15, 0.2) is 12.5 Å². The molecule has 1 aromatic heterocycles. The molecule has 6 nitrogen and oxygen atoms in total. The van der Waals surface area contributed by atoms with Crippen molar-refractivity contribution in [1.29, 1.82) is 0 Å². The number of aromatic nitrogens is 2. The molecule has 0 radical (unpaired) electrons. The number of nitrogens with one attached hydrogen (secondary N) is 2. The van der Waals surface area contributed by atoms with Gasteiger partial charge in [-0.25, -0.2) is 4.98 Å². The monoisotopic (exact) mass is 168 g/mol. The van der Waals surface area contributed by atoms with Gasteiger partial charge in [-0.1, -0.05) is 0 Å². The molecule has 64 valence electrons. The smallest absolute Gasteiger partial charge is 0.309 e. The second kappa shape index (κ2) is 3.51. The maximum Gasteiger partial charge on any atom is 0.309 e. The third kappa shape index (κ3) is 2.08. The summed E-state index contributed by atoms with van der Waals surface area (Å²) in [4.78, 5) is 27.3. The molecule has 0 aliphatic carbocycles. The van der Waals surface area contributed by atoms with E-state index in [4.69, 9.17) is 5.73 Å². The summed E-state index contributed by atoms with van der Waals surface area (Å²) in [5, 5.41) is 2.30. The number of hydrogen-bond donors (Lipinski definition) is 3. The Bertz CT molecular complexity index is 280. The quantitative estimate of drug-likeness (QED) is 0.469. The van der Waals surface area contributed by atoms with Crippen LogP contribution in [-0.4, -0.2) is 21.8 Å². The Kier molecular flexibility index (Phi) is 2.42. The van der Waals surface area contributed by atoms with Crippen molar-refractivity contribution in [3.05, 3.63) is 18.2 Å². The number of carbonyl (C=O) groups is 2. The molecular weight excluding hydrogens is 160 g/mol. The maximum absolute atomic E-state index is 10.6. The molecule has 0 saturated heterocycles. The number of primary amides is 1. The van der Waals surface area contributed by atoms with E-state index in [1.54, 1.807) is 6.20 Å². The van der Waals surface area contributed by atoms with Gasteiger partial charge in [0.15, 0.2) is 0 Å². The van der Waals surface area contributed by atoms with Gasteiger partial charge >= 0.3 is 11.8 Å². The molecular formula is C6H8N4O2. The zero-order valence-electron chi connectivity index (χ0n) is 6.20. The van der Waals surface area contributed by atoms with E-state index < -0.39 is 11.8 Å². The fourth-order valence-electron chi connectivity index (χ4n) is 0.644. The van der Waals surface area contributed by atoms with Gasteiger partial charge in [0.1, 0.15) is 0 Å². The van der Waals surface area contributed by atoms with Gasteiger partial charge in [-0.05, 0) is 0 Å². The Morgan fingerprint density at radius 3 is 2.92 bits per heavy atom. The van der Waals surface area contributed by atoms with Crippen molar-refractivity contribution in [1.82, 2.24) is 15.3 Å². The van der Waals surface area contributed by atoms with Crippen LogP contribution in [-0.2, 0) is 16.1 Å². The number of hydrogen-bond acceptors (Lipinski definition) is 3. The predicted molar refractivity (Wildman–Crippen MR) is 39.6 cm³/mol. The van der Waals surface area contributed by atoms with E-state index in [0.29, 0.717) is 5.69 Å². The van der Waals surface area contributed by atoms with Gasteiger partial charge in [-0.2, -0.15) is 0 Å². The van der Waals surface area contributed by atoms with E-state index in [0.717, 1.165) is 0 Å². The summed E-state index contributed by atoms with van der Waals surface area (Å²) >= 11 is 0. The molecule has 1 heterocycles. The molecule has 0 spiro atoms. The first-order chi connectivity index (χ1) is 5.70. The van der Waals surface area contributed by atoms with Gasteiger partial charge in [0.25, 0.3) is 0 Å². The van der Waals surface area contributed by atoms with Crippen molar-refractivity contribution in [2.75, 3.05) is 0 Å². The highest BCUT2D eigenvalue weighted by atomic mass is 16.2. The summed E-state index contributed by atoms with van der Waals surface area (Å²) in [6.45, 7) is 0.224. The number of carbonyl (C=O) groups excluding carboxylic acids is 2. The maximum atomic E-state index is 10.6. The number of nitrogens with two attached hydrogens (primary N) is 1. The highest BCUT2D eigenvalue weighted by Crippen LogP contribution is 1.88. The predicted octanol–water partition coefficient (Wildman–Crippen LogP) is -1.49. The number of imidazole rings is 1. The summed E-state index contributed by atoms with van der Waals surface area (Å²) < 4.78 is 0. The van der Waals surface area contributed by atoms with Gasteiger partial charge in [0.05, 0.1) is 18.6 Å². The first-order valence-corrected chi connectivity index (χ1v) is 3.25. The van der Waals surface area contributed by atoms with Crippen molar-refractivity contribution in [3.8, 4) is 0 Å². The highest BCUT2D eigenvalue weighted by Gasteiger charge is 2.06. The Morgan fingerprint density at radius 1 is 1.67 bits per heavy atom. The van der Waals surface area contributed by atoms with Crippen LogP contribution in [0.3, 0.4) is 0 Å². The topological polar surface area (TPSA) is 101 Å². The standard InChI is InChI=1S/C6H8N4O2/c7-5(11)6(12)9-2-4-1-8-3-10-4/h1,3H,2H2,(H2,7,11)(H,8,10)(H,9,12). The van der Waals surface area contributed by atoms with Crippen molar-refractivity contribution >= 4 is 11.8 Å². The minimum Gasteiger partial charge on any atom is -0.361 e. The number of rotatable bonds is 2. The molecule has 0 unspecified atom stereocenters. The zero-order chi connectivity index (χ0) is 8.97. The molecule has 0 atom stereocenters. The molecule has 2 amide bonds. The molecule has 0 saturated carbocycles. The van der Waals surface area contributed by atoms with Crippen LogP contribution >= 0.6 is 0 Å². The molecule has 0 fully saturated rings. The van der Waals surface area contributed by atoms with Crippen LogP contribution in [0.25, 0.3) is 0 Å². The van der Waals surface area contributed by atoms with E-state index in [2.05, 4.69) is 15.3 Å².